The van der Waals surface area contributed by atoms with Crippen LogP contribution in [0.3, 0.4) is 0 Å². The Balaban J connectivity index is 2.80. The van der Waals surface area contributed by atoms with E-state index >= 15 is 0 Å². The van der Waals surface area contributed by atoms with E-state index in [0.717, 1.165) is 0 Å². The monoisotopic (exact) mass is 250 g/mol. The topological polar surface area (TPSA) is 109 Å². The Kier molecular flexibility index (Phi) is 5.01. The van der Waals surface area contributed by atoms with E-state index in [9.17, 15) is 14.4 Å². The van der Waals surface area contributed by atoms with Crippen molar-refractivity contribution in [2.75, 3.05) is 0 Å². The van der Waals surface area contributed by atoms with Crippen LogP contribution in [-0.2, 0) is 14.4 Å². The number of hydrogen-bond acceptors (Lipinski definition) is 4. The minimum absolute atomic E-state index is 0.466. The lowest BCUT2D eigenvalue weighted by molar-refractivity contribution is -0.139. The molecular weight excluding hydrogens is 236 g/mol. The van der Waals surface area contributed by atoms with Gasteiger partial charge in [0.2, 0.25) is 5.91 Å². The molecule has 0 radical (unpaired) electrons. The second-order valence-corrected chi connectivity index (χ2v) is 3.74. The van der Waals surface area contributed by atoms with Gasteiger partial charge in [0.25, 0.3) is 0 Å². The molecule has 0 fully saturated rings. The van der Waals surface area contributed by atoms with Crippen LogP contribution in [0, 0.1) is 0 Å². The number of nitrogens with two attached hydrogens (primary N) is 1. The fourth-order valence-corrected chi connectivity index (χ4v) is 1.51. The Labute approximate surface area is 104 Å². The molecule has 0 bridgehead atoms. The van der Waals surface area contributed by atoms with E-state index in [2.05, 4.69) is 5.32 Å². The van der Waals surface area contributed by atoms with E-state index in [1.165, 1.54) is 0 Å². The van der Waals surface area contributed by atoms with Gasteiger partial charge >= 0.3 is 5.97 Å². The van der Waals surface area contributed by atoms with Gasteiger partial charge in [-0.3, -0.25) is 14.9 Å². The normalized spacial score (nSPS) is 13.6. The zero-order chi connectivity index (χ0) is 13.5. The molecule has 0 saturated heterocycles. The molecule has 0 aliphatic heterocycles. The van der Waals surface area contributed by atoms with Gasteiger partial charge in [-0.05, 0) is 5.56 Å². The van der Waals surface area contributed by atoms with Gasteiger partial charge in [-0.2, -0.15) is 0 Å². The van der Waals surface area contributed by atoms with Gasteiger partial charge in [0.05, 0.1) is 18.5 Å². The highest BCUT2D eigenvalue weighted by atomic mass is 16.4. The van der Waals surface area contributed by atoms with Gasteiger partial charge < -0.3 is 15.6 Å². The summed E-state index contributed by atoms with van der Waals surface area (Å²) in [4.78, 5) is 32.7. The van der Waals surface area contributed by atoms with Crippen LogP contribution in [0.2, 0.25) is 0 Å². The highest BCUT2D eigenvalue weighted by Gasteiger charge is 2.23. The number of nitrogens with one attached hydrogen (secondary N) is 1. The molecule has 18 heavy (non-hydrogen) atoms. The van der Waals surface area contributed by atoms with Crippen molar-refractivity contribution in [2.24, 2.45) is 5.73 Å². The lowest BCUT2D eigenvalue weighted by atomic mass is 10.1. The zero-order valence-electron chi connectivity index (χ0n) is 9.58. The van der Waals surface area contributed by atoms with E-state index in [4.69, 9.17) is 10.8 Å². The lowest BCUT2D eigenvalue weighted by Gasteiger charge is -2.18. The second-order valence-electron chi connectivity index (χ2n) is 3.74. The Morgan fingerprint density at radius 2 is 1.94 bits per heavy atom. The number of amides is 1. The van der Waals surface area contributed by atoms with Gasteiger partial charge in [0.1, 0.15) is 6.29 Å². The summed E-state index contributed by atoms with van der Waals surface area (Å²) in [5, 5.41) is 11.3. The largest absolute Gasteiger partial charge is 0.481 e. The minimum atomic E-state index is -1.16. The number of carboxylic acid groups (broad SMARTS) is 1. The molecule has 0 spiro atoms. The summed E-state index contributed by atoms with van der Waals surface area (Å²) in [5.41, 5.74) is 5.73. The van der Waals surface area contributed by atoms with Crippen LogP contribution in [-0.4, -0.2) is 29.3 Å². The number of rotatable bonds is 7. The second kappa shape index (κ2) is 6.51. The van der Waals surface area contributed by atoms with Crippen LogP contribution >= 0.6 is 0 Å². The molecule has 1 aromatic rings. The highest BCUT2D eigenvalue weighted by Crippen LogP contribution is 2.11. The molecule has 0 aromatic heterocycles. The molecule has 0 aliphatic rings. The smallest absolute Gasteiger partial charge is 0.305 e. The maximum atomic E-state index is 11.1. The molecule has 1 unspecified atom stereocenters. The van der Waals surface area contributed by atoms with Crippen molar-refractivity contribution in [3.05, 3.63) is 35.9 Å². The van der Waals surface area contributed by atoms with Gasteiger partial charge in [0, 0.05) is 0 Å². The van der Waals surface area contributed by atoms with Gasteiger partial charge in [-0.15, -0.1) is 0 Å². The van der Waals surface area contributed by atoms with E-state index in [1.54, 1.807) is 30.3 Å². The summed E-state index contributed by atoms with van der Waals surface area (Å²) in [5.74, 6) is -1.97. The average Bonchev–Trinajstić information content (AvgIpc) is 2.34. The SMILES string of the molecule is NC(=O)[C@H](CC(=O)O)NC(C=O)c1ccccc1. The number of primary amides is 1. The quantitative estimate of drug-likeness (QED) is 0.583. The number of hydrogen-bond donors (Lipinski definition) is 3. The molecular formula is C12H14N2O4. The lowest BCUT2D eigenvalue weighted by Crippen LogP contribution is -2.44. The number of carboxylic acids is 1. The van der Waals surface area contributed by atoms with Crippen LogP contribution in [0.5, 0.6) is 0 Å². The van der Waals surface area contributed by atoms with Crippen LogP contribution in [0.4, 0.5) is 0 Å². The van der Waals surface area contributed by atoms with E-state index in [1.807, 2.05) is 0 Å². The van der Waals surface area contributed by atoms with Crippen LogP contribution in [0.1, 0.15) is 18.0 Å². The number of carbonyl (C=O) groups excluding carboxylic acids is 2. The number of carbonyl (C=O) groups is 3. The Hall–Kier alpha value is -2.21. The van der Waals surface area contributed by atoms with Crippen molar-refractivity contribution in [2.45, 2.75) is 18.5 Å². The molecule has 4 N–H and O–H groups in total. The number of aliphatic carboxylic acids is 1. The van der Waals surface area contributed by atoms with Crippen molar-refractivity contribution >= 4 is 18.2 Å². The molecule has 96 valence electrons. The van der Waals surface area contributed by atoms with E-state index < -0.39 is 30.4 Å². The minimum Gasteiger partial charge on any atom is -0.481 e. The summed E-state index contributed by atoms with van der Waals surface area (Å²) >= 11 is 0. The van der Waals surface area contributed by atoms with Gasteiger partial charge in [-0.1, -0.05) is 30.3 Å². The standard InChI is InChI=1S/C12H14N2O4/c13-12(18)9(6-11(16)17)14-10(7-15)8-4-2-1-3-5-8/h1-5,7,9-10,14H,6H2,(H2,13,18)(H,16,17)/t9-,10?/m0/s1. The average molecular weight is 250 g/mol. The molecule has 6 heteroatoms. The van der Waals surface area contributed by atoms with Crippen LogP contribution in [0.25, 0.3) is 0 Å². The van der Waals surface area contributed by atoms with Crippen molar-refractivity contribution in [3.63, 3.8) is 0 Å². The predicted molar refractivity (Wildman–Crippen MR) is 63.6 cm³/mol. The Morgan fingerprint density at radius 1 is 1.33 bits per heavy atom. The van der Waals surface area contributed by atoms with Crippen molar-refractivity contribution < 1.29 is 19.5 Å². The molecule has 1 aromatic carbocycles. The number of aldehydes is 1. The highest BCUT2D eigenvalue weighted by molar-refractivity contribution is 5.85. The van der Waals surface area contributed by atoms with Crippen molar-refractivity contribution in [1.82, 2.24) is 5.32 Å². The van der Waals surface area contributed by atoms with Crippen molar-refractivity contribution in [1.29, 1.82) is 0 Å². The fourth-order valence-electron chi connectivity index (χ4n) is 1.51. The van der Waals surface area contributed by atoms with Crippen LogP contribution in [0.15, 0.2) is 30.3 Å². The zero-order valence-corrected chi connectivity index (χ0v) is 9.58. The summed E-state index contributed by atoms with van der Waals surface area (Å²) in [6, 6.07) is 6.82. The third-order valence-corrected chi connectivity index (χ3v) is 2.40. The third-order valence-electron chi connectivity index (χ3n) is 2.40. The molecule has 0 aliphatic carbocycles. The summed E-state index contributed by atoms with van der Waals surface area (Å²) < 4.78 is 0. The Bertz CT molecular complexity index is 433. The van der Waals surface area contributed by atoms with E-state index in [-0.39, 0.29) is 0 Å². The molecule has 2 atom stereocenters. The molecule has 1 amide bonds. The summed E-state index contributed by atoms with van der Waals surface area (Å²) in [6.07, 6.45) is 0.139. The first-order valence-corrected chi connectivity index (χ1v) is 5.32. The molecule has 0 saturated carbocycles. The molecule has 6 nitrogen and oxygen atoms in total. The number of benzene rings is 1. The third kappa shape index (κ3) is 3.99. The first kappa shape index (κ1) is 13.9. The Morgan fingerprint density at radius 3 is 2.39 bits per heavy atom. The first-order chi connectivity index (χ1) is 8.54. The maximum absolute atomic E-state index is 11.1. The van der Waals surface area contributed by atoms with E-state index in [0.29, 0.717) is 11.8 Å². The van der Waals surface area contributed by atoms with Gasteiger partial charge in [-0.25, -0.2) is 0 Å². The predicted octanol–water partition coefficient (Wildman–Crippen LogP) is -0.155. The fraction of sp³-hybridized carbons (Fsp3) is 0.250. The first-order valence-electron chi connectivity index (χ1n) is 5.32. The molecule has 0 heterocycles. The maximum Gasteiger partial charge on any atom is 0.305 e. The molecule has 1 rings (SSSR count). The van der Waals surface area contributed by atoms with Crippen LogP contribution < -0.4 is 11.1 Å². The summed E-state index contributed by atoms with van der Waals surface area (Å²) in [7, 11) is 0. The van der Waals surface area contributed by atoms with Crippen molar-refractivity contribution in [3.8, 4) is 0 Å². The van der Waals surface area contributed by atoms with Gasteiger partial charge in [0.15, 0.2) is 0 Å². The summed E-state index contributed by atoms with van der Waals surface area (Å²) in [6.45, 7) is 0.